The molecule has 1 fully saturated rings. The van der Waals surface area contributed by atoms with E-state index >= 15 is 0 Å². The molecule has 1 aliphatic rings. The fourth-order valence-electron chi connectivity index (χ4n) is 3.54. The van der Waals surface area contributed by atoms with Gasteiger partial charge in [-0.3, -0.25) is 9.59 Å². The molecule has 0 N–H and O–H groups in total. The first-order valence-corrected chi connectivity index (χ1v) is 9.91. The number of esters is 1. The molecule has 25 heavy (non-hydrogen) atoms. The smallest absolute Gasteiger partial charge is 0.306 e. The van der Waals surface area contributed by atoms with Crippen LogP contribution in [0.15, 0.2) is 0 Å². The van der Waals surface area contributed by atoms with Crippen molar-refractivity contribution in [2.75, 3.05) is 13.1 Å². The SMILES string of the molecule is CCCCCCC(=O)N1CCCC(CCC)(OC(=O)CCC(C)=O)C1. The summed E-state index contributed by atoms with van der Waals surface area (Å²) in [6.45, 7) is 6.96. The minimum atomic E-state index is -0.569. The van der Waals surface area contributed by atoms with E-state index in [1.165, 1.54) is 13.3 Å². The van der Waals surface area contributed by atoms with Crippen molar-refractivity contribution in [3.63, 3.8) is 0 Å². The number of carbonyl (C=O) groups is 3. The van der Waals surface area contributed by atoms with Crippen LogP contribution in [0.2, 0.25) is 0 Å². The second-order valence-corrected chi connectivity index (χ2v) is 7.34. The third kappa shape index (κ3) is 8.02. The number of amides is 1. The van der Waals surface area contributed by atoms with Gasteiger partial charge in [0.1, 0.15) is 11.4 Å². The normalized spacial score (nSPS) is 20.4. The third-order valence-electron chi connectivity index (χ3n) is 4.85. The lowest BCUT2D eigenvalue weighted by Crippen LogP contribution is -2.52. The number of likely N-dealkylation sites (tertiary alicyclic amines) is 1. The standard InChI is InChI=1S/C20H35NO4/c1-4-6-7-8-10-18(23)21-15-9-14-20(16-21,13-5-2)25-19(24)12-11-17(3)22/h4-16H2,1-3H3. The fourth-order valence-corrected chi connectivity index (χ4v) is 3.54. The number of ketones is 1. The lowest BCUT2D eigenvalue weighted by Gasteiger charge is -2.42. The van der Waals surface area contributed by atoms with Gasteiger partial charge in [0, 0.05) is 19.4 Å². The maximum absolute atomic E-state index is 12.5. The number of Topliss-reactive ketones (excluding diaryl/α,β-unsaturated/α-hetero) is 1. The third-order valence-corrected chi connectivity index (χ3v) is 4.85. The van der Waals surface area contributed by atoms with E-state index in [2.05, 4.69) is 13.8 Å². The molecule has 1 rings (SSSR count). The molecule has 144 valence electrons. The van der Waals surface area contributed by atoms with Gasteiger partial charge in [0.25, 0.3) is 0 Å². The van der Waals surface area contributed by atoms with Crippen LogP contribution in [0, 0.1) is 0 Å². The summed E-state index contributed by atoms with van der Waals surface area (Å²) in [6, 6.07) is 0. The highest BCUT2D eigenvalue weighted by Gasteiger charge is 2.39. The van der Waals surface area contributed by atoms with Gasteiger partial charge in [-0.05, 0) is 32.6 Å². The van der Waals surface area contributed by atoms with E-state index < -0.39 is 5.60 Å². The Hall–Kier alpha value is -1.39. The topological polar surface area (TPSA) is 63.7 Å². The molecule has 1 atom stereocenters. The van der Waals surface area contributed by atoms with Crippen molar-refractivity contribution in [3.8, 4) is 0 Å². The summed E-state index contributed by atoms with van der Waals surface area (Å²) in [6.07, 6.45) is 8.62. The Morgan fingerprint density at radius 2 is 1.76 bits per heavy atom. The quantitative estimate of drug-likeness (QED) is 0.415. The number of hydrogen-bond donors (Lipinski definition) is 0. The molecule has 0 aromatic rings. The van der Waals surface area contributed by atoms with Crippen molar-refractivity contribution in [3.05, 3.63) is 0 Å². The average Bonchev–Trinajstić information content (AvgIpc) is 2.57. The first kappa shape index (κ1) is 21.7. The van der Waals surface area contributed by atoms with Crippen molar-refractivity contribution in [1.82, 2.24) is 4.90 Å². The summed E-state index contributed by atoms with van der Waals surface area (Å²) in [5, 5.41) is 0. The summed E-state index contributed by atoms with van der Waals surface area (Å²) in [4.78, 5) is 37.6. The number of carbonyl (C=O) groups excluding carboxylic acids is 3. The van der Waals surface area contributed by atoms with Gasteiger partial charge < -0.3 is 14.4 Å². The molecule has 0 saturated carbocycles. The number of ether oxygens (including phenoxy) is 1. The van der Waals surface area contributed by atoms with Crippen LogP contribution in [0.25, 0.3) is 0 Å². The molecule has 5 nitrogen and oxygen atoms in total. The molecule has 0 spiro atoms. The van der Waals surface area contributed by atoms with Crippen LogP contribution in [-0.2, 0) is 19.1 Å². The first-order chi connectivity index (χ1) is 11.9. The van der Waals surface area contributed by atoms with Gasteiger partial charge >= 0.3 is 5.97 Å². The Balaban J connectivity index is 2.61. The van der Waals surface area contributed by atoms with Gasteiger partial charge in [-0.2, -0.15) is 0 Å². The molecule has 0 aromatic carbocycles. The Morgan fingerprint density at radius 1 is 1.00 bits per heavy atom. The molecule has 0 bridgehead atoms. The van der Waals surface area contributed by atoms with Crippen molar-refractivity contribution in [1.29, 1.82) is 0 Å². The maximum atomic E-state index is 12.5. The Bertz CT molecular complexity index is 445. The van der Waals surface area contributed by atoms with Crippen molar-refractivity contribution in [2.45, 2.75) is 97.0 Å². The molecule has 1 saturated heterocycles. The molecule has 1 heterocycles. The van der Waals surface area contributed by atoms with Crippen LogP contribution < -0.4 is 0 Å². The zero-order valence-corrected chi connectivity index (χ0v) is 16.3. The fraction of sp³-hybridized carbons (Fsp3) is 0.850. The minimum absolute atomic E-state index is 0.00554. The molecule has 5 heteroatoms. The summed E-state index contributed by atoms with van der Waals surface area (Å²) < 4.78 is 5.81. The second-order valence-electron chi connectivity index (χ2n) is 7.34. The van der Waals surface area contributed by atoms with Gasteiger partial charge in [0.05, 0.1) is 13.0 Å². The van der Waals surface area contributed by atoms with Gasteiger partial charge in [-0.1, -0.05) is 39.5 Å². The van der Waals surface area contributed by atoms with E-state index in [1.807, 2.05) is 4.90 Å². The summed E-state index contributed by atoms with van der Waals surface area (Å²) in [7, 11) is 0. The van der Waals surface area contributed by atoms with E-state index in [-0.39, 0.29) is 30.5 Å². The van der Waals surface area contributed by atoms with E-state index in [0.717, 1.165) is 51.5 Å². The summed E-state index contributed by atoms with van der Waals surface area (Å²) in [5.41, 5.74) is -0.569. The maximum Gasteiger partial charge on any atom is 0.306 e. The zero-order valence-electron chi connectivity index (χ0n) is 16.3. The minimum Gasteiger partial charge on any atom is -0.457 e. The number of unbranched alkanes of at least 4 members (excludes halogenated alkanes) is 3. The Labute approximate surface area is 152 Å². The zero-order chi connectivity index (χ0) is 18.7. The second kappa shape index (κ2) is 11.3. The molecular formula is C20H35NO4. The predicted molar refractivity (Wildman–Crippen MR) is 98.2 cm³/mol. The highest BCUT2D eigenvalue weighted by Crippen LogP contribution is 2.31. The average molecular weight is 354 g/mol. The lowest BCUT2D eigenvalue weighted by molar-refractivity contribution is -0.170. The molecule has 1 aliphatic heterocycles. The molecule has 1 unspecified atom stereocenters. The van der Waals surface area contributed by atoms with Crippen LogP contribution in [0.4, 0.5) is 0 Å². The molecule has 1 amide bonds. The van der Waals surface area contributed by atoms with Gasteiger partial charge in [0.15, 0.2) is 0 Å². The van der Waals surface area contributed by atoms with E-state index in [9.17, 15) is 14.4 Å². The Morgan fingerprint density at radius 3 is 2.40 bits per heavy atom. The lowest BCUT2D eigenvalue weighted by atomic mass is 9.87. The predicted octanol–water partition coefficient (Wildman–Crippen LogP) is 4.03. The van der Waals surface area contributed by atoms with Gasteiger partial charge in [-0.25, -0.2) is 0 Å². The first-order valence-electron chi connectivity index (χ1n) is 9.91. The largest absolute Gasteiger partial charge is 0.457 e. The number of nitrogens with zero attached hydrogens (tertiary/aromatic N) is 1. The van der Waals surface area contributed by atoms with Crippen LogP contribution in [0.1, 0.15) is 91.4 Å². The molecule has 0 aliphatic carbocycles. The molecular weight excluding hydrogens is 318 g/mol. The summed E-state index contributed by atoms with van der Waals surface area (Å²) >= 11 is 0. The highest BCUT2D eigenvalue weighted by atomic mass is 16.6. The van der Waals surface area contributed by atoms with E-state index in [1.54, 1.807) is 0 Å². The van der Waals surface area contributed by atoms with Crippen LogP contribution in [0.3, 0.4) is 0 Å². The van der Waals surface area contributed by atoms with Crippen molar-refractivity contribution in [2.24, 2.45) is 0 Å². The number of rotatable bonds is 11. The van der Waals surface area contributed by atoms with Crippen molar-refractivity contribution >= 4 is 17.7 Å². The molecule has 0 aromatic heterocycles. The van der Waals surface area contributed by atoms with Crippen molar-refractivity contribution < 1.29 is 19.1 Å². The van der Waals surface area contributed by atoms with E-state index in [0.29, 0.717) is 13.0 Å². The monoisotopic (exact) mass is 353 g/mol. The highest BCUT2D eigenvalue weighted by molar-refractivity contribution is 5.81. The molecule has 0 radical (unpaired) electrons. The van der Waals surface area contributed by atoms with Crippen LogP contribution in [0.5, 0.6) is 0 Å². The van der Waals surface area contributed by atoms with Gasteiger partial charge in [0.2, 0.25) is 5.91 Å². The number of piperidine rings is 1. The van der Waals surface area contributed by atoms with Crippen LogP contribution >= 0.6 is 0 Å². The summed E-state index contributed by atoms with van der Waals surface area (Å²) in [5.74, 6) is -0.147. The Kier molecular flexibility index (Phi) is 9.76. The number of hydrogen-bond acceptors (Lipinski definition) is 4. The van der Waals surface area contributed by atoms with Crippen LogP contribution in [-0.4, -0.2) is 41.3 Å². The van der Waals surface area contributed by atoms with E-state index in [4.69, 9.17) is 4.74 Å². The van der Waals surface area contributed by atoms with Gasteiger partial charge in [-0.15, -0.1) is 0 Å².